The maximum absolute atomic E-state index is 10.5. The highest BCUT2D eigenvalue weighted by Crippen LogP contribution is 2.12. The number of hydrogen-bond donors (Lipinski definition) is 3. The molecule has 0 spiro atoms. The molecule has 1 atom stereocenters. The number of aromatic amines is 1. The second kappa shape index (κ2) is 3.62. The summed E-state index contributed by atoms with van der Waals surface area (Å²) in [7, 11) is 0. The van der Waals surface area contributed by atoms with Gasteiger partial charge in [-0.25, -0.2) is 0 Å². The predicted molar refractivity (Wildman–Crippen MR) is 49.6 cm³/mol. The van der Waals surface area contributed by atoms with Gasteiger partial charge in [0.15, 0.2) is 0 Å². The van der Waals surface area contributed by atoms with Crippen molar-refractivity contribution in [2.24, 2.45) is 5.73 Å². The van der Waals surface area contributed by atoms with Crippen molar-refractivity contribution in [2.75, 3.05) is 0 Å². The minimum Gasteiger partial charge on any atom is -0.480 e. The summed E-state index contributed by atoms with van der Waals surface area (Å²) in [5, 5.41) is 8.61. The molecular formula is C9H14N2O2. The minimum atomic E-state index is -0.960. The molecule has 1 rings (SSSR count). The molecule has 0 fully saturated rings. The molecule has 1 heterocycles. The lowest BCUT2D eigenvalue weighted by atomic mass is 10.1. The van der Waals surface area contributed by atoms with Crippen LogP contribution in [-0.4, -0.2) is 22.1 Å². The molecule has 0 aliphatic heterocycles. The number of aliphatic carboxylic acids is 1. The van der Waals surface area contributed by atoms with Crippen LogP contribution < -0.4 is 5.73 Å². The van der Waals surface area contributed by atoms with Gasteiger partial charge in [-0.2, -0.15) is 0 Å². The zero-order valence-corrected chi connectivity index (χ0v) is 7.79. The van der Waals surface area contributed by atoms with E-state index in [0.717, 1.165) is 16.8 Å². The van der Waals surface area contributed by atoms with Crippen molar-refractivity contribution >= 4 is 5.97 Å². The number of carboxylic acid groups (broad SMARTS) is 1. The standard InChI is InChI=1S/C9H14N2O2/c1-5-6(2)11-4-7(5)3-8(10)9(12)13/h4,8,11H,3,10H2,1-2H3,(H,12,13). The summed E-state index contributed by atoms with van der Waals surface area (Å²) in [6, 6.07) is -0.811. The number of H-pyrrole nitrogens is 1. The lowest BCUT2D eigenvalue weighted by molar-refractivity contribution is -0.138. The topological polar surface area (TPSA) is 79.1 Å². The normalized spacial score (nSPS) is 12.8. The van der Waals surface area contributed by atoms with Crippen LogP contribution in [0.3, 0.4) is 0 Å². The van der Waals surface area contributed by atoms with Crippen LogP contribution in [0.4, 0.5) is 0 Å². The Morgan fingerprint density at radius 3 is 2.69 bits per heavy atom. The first-order valence-corrected chi connectivity index (χ1v) is 4.14. The Balaban J connectivity index is 2.74. The van der Waals surface area contributed by atoms with Gasteiger partial charge >= 0.3 is 5.97 Å². The molecule has 0 amide bonds. The zero-order chi connectivity index (χ0) is 10.0. The maximum atomic E-state index is 10.5. The van der Waals surface area contributed by atoms with Crippen LogP contribution >= 0.6 is 0 Å². The van der Waals surface area contributed by atoms with E-state index in [0.29, 0.717) is 6.42 Å². The smallest absolute Gasteiger partial charge is 0.320 e. The van der Waals surface area contributed by atoms with Crippen molar-refractivity contribution in [2.45, 2.75) is 26.3 Å². The van der Waals surface area contributed by atoms with E-state index < -0.39 is 12.0 Å². The van der Waals surface area contributed by atoms with Gasteiger partial charge in [-0.15, -0.1) is 0 Å². The summed E-state index contributed by atoms with van der Waals surface area (Å²) < 4.78 is 0. The van der Waals surface area contributed by atoms with Crippen LogP contribution in [0.5, 0.6) is 0 Å². The number of hydrogen-bond acceptors (Lipinski definition) is 2. The highest BCUT2D eigenvalue weighted by atomic mass is 16.4. The van der Waals surface area contributed by atoms with E-state index in [9.17, 15) is 4.79 Å². The minimum absolute atomic E-state index is 0.380. The van der Waals surface area contributed by atoms with Crippen molar-refractivity contribution in [3.8, 4) is 0 Å². The molecule has 4 nitrogen and oxygen atoms in total. The lowest BCUT2D eigenvalue weighted by Gasteiger charge is -2.05. The molecule has 13 heavy (non-hydrogen) atoms. The van der Waals surface area contributed by atoms with Gasteiger partial charge in [-0.3, -0.25) is 4.79 Å². The van der Waals surface area contributed by atoms with Gasteiger partial charge in [0.1, 0.15) is 6.04 Å². The number of aryl methyl sites for hydroxylation is 1. The van der Waals surface area contributed by atoms with Gasteiger partial charge in [0.05, 0.1) is 0 Å². The molecule has 1 aromatic rings. The van der Waals surface area contributed by atoms with Crippen LogP contribution in [0.15, 0.2) is 6.20 Å². The quantitative estimate of drug-likeness (QED) is 0.640. The SMILES string of the molecule is Cc1[nH]cc(CC(N)C(=O)O)c1C. The summed E-state index contributed by atoms with van der Waals surface area (Å²) in [6.07, 6.45) is 2.19. The van der Waals surface area contributed by atoms with Crippen molar-refractivity contribution in [1.82, 2.24) is 4.98 Å². The first-order valence-electron chi connectivity index (χ1n) is 4.14. The van der Waals surface area contributed by atoms with Crippen molar-refractivity contribution in [1.29, 1.82) is 0 Å². The summed E-state index contributed by atoms with van der Waals surface area (Å²) in [6.45, 7) is 3.90. The van der Waals surface area contributed by atoms with Crippen LogP contribution in [0.2, 0.25) is 0 Å². The third-order valence-corrected chi connectivity index (χ3v) is 2.26. The molecule has 72 valence electrons. The summed E-state index contributed by atoms with van der Waals surface area (Å²) in [4.78, 5) is 13.5. The van der Waals surface area contributed by atoms with E-state index >= 15 is 0 Å². The highest BCUT2D eigenvalue weighted by Gasteiger charge is 2.14. The van der Waals surface area contributed by atoms with Crippen molar-refractivity contribution in [3.05, 3.63) is 23.0 Å². The molecule has 0 saturated carbocycles. The van der Waals surface area contributed by atoms with Crippen LogP contribution in [-0.2, 0) is 11.2 Å². The van der Waals surface area contributed by atoms with Crippen LogP contribution in [0, 0.1) is 13.8 Å². The molecule has 0 aromatic carbocycles. The molecule has 0 bridgehead atoms. The summed E-state index contributed by atoms with van der Waals surface area (Å²) in [5.41, 5.74) is 8.55. The highest BCUT2D eigenvalue weighted by molar-refractivity contribution is 5.73. The third kappa shape index (κ3) is 2.09. The molecule has 4 N–H and O–H groups in total. The average molecular weight is 182 g/mol. The van der Waals surface area contributed by atoms with Gasteiger partial charge in [0.2, 0.25) is 0 Å². The largest absolute Gasteiger partial charge is 0.480 e. The fourth-order valence-corrected chi connectivity index (χ4v) is 1.19. The van der Waals surface area contributed by atoms with E-state index in [2.05, 4.69) is 4.98 Å². The van der Waals surface area contributed by atoms with Gasteiger partial charge in [0, 0.05) is 11.9 Å². The number of carbonyl (C=O) groups is 1. The molecular weight excluding hydrogens is 168 g/mol. The molecule has 0 aliphatic rings. The molecule has 0 saturated heterocycles. The Hall–Kier alpha value is -1.29. The van der Waals surface area contributed by atoms with Gasteiger partial charge in [-0.1, -0.05) is 0 Å². The Morgan fingerprint density at radius 2 is 2.31 bits per heavy atom. The Bertz CT molecular complexity index is 317. The number of carboxylic acids is 1. The fourth-order valence-electron chi connectivity index (χ4n) is 1.19. The fraction of sp³-hybridized carbons (Fsp3) is 0.444. The Morgan fingerprint density at radius 1 is 1.69 bits per heavy atom. The van der Waals surface area contributed by atoms with Crippen LogP contribution in [0.25, 0.3) is 0 Å². The first kappa shape index (κ1) is 9.80. The number of rotatable bonds is 3. The Kier molecular flexibility index (Phi) is 2.72. The third-order valence-electron chi connectivity index (χ3n) is 2.26. The predicted octanol–water partition coefficient (Wildman–Crippen LogP) is 0.586. The number of nitrogens with one attached hydrogen (secondary N) is 1. The van der Waals surface area contributed by atoms with Gasteiger partial charge < -0.3 is 15.8 Å². The number of nitrogens with two attached hydrogens (primary N) is 1. The summed E-state index contributed by atoms with van der Waals surface area (Å²) in [5.74, 6) is -0.960. The summed E-state index contributed by atoms with van der Waals surface area (Å²) >= 11 is 0. The van der Waals surface area contributed by atoms with Crippen molar-refractivity contribution in [3.63, 3.8) is 0 Å². The van der Waals surface area contributed by atoms with E-state index in [1.54, 1.807) is 0 Å². The monoisotopic (exact) mass is 182 g/mol. The lowest BCUT2D eigenvalue weighted by Crippen LogP contribution is -2.32. The molecule has 4 heteroatoms. The maximum Gasteiger partial charge on any atom is 0.320 e. The molecule has 1 aromatic heterocycles. The molecule has 1 unspecified atom stereocenters. The Labute approximate surface area is 76.8 Å². The first-order chi connectivity index (χ1) is 6.02. The second-order valence-electron chi connectivity index (χ2n) is 3.21. The zero-order valence-electron chi connectivity index (χ0n) is 7.79. The van der Waals surface area contributed by atoms with Gasteiger partial charge in [-0.05, 0) is 31.4 Å². The van der Waals surface area contributed by atoms with Crippen molar-refractivity contribution < 1.29 is 9.90 Å². The second-order valence-corrected chi connectivity index (χ2v) is 3.21. The van der Waals surface area contributed by atoms with Gasteiger partial charge in [0.25, 0.3) is 0 Å². The van der Waals surface area contributed by atoms with E-state index in [1.807, 2.05) is 20.0 Å². The average Bonchev–Trinajstić information content (AvgIpc) is 2.36. The molecule has 0 radical (unpaired) electrons. The number of aromatic nitrogens is 1. The molecule has 0 aliphatic carbocycles. The van der Waals surface area contributed by atoms with E-state index in [-0.39, 0.29) is 0 Å². The van der Waals surface area contributed by atoms with E-state index in [4.69, 9.17) is 10.8 Å². The van der Waals surface area contributed by atoms with E-state index in [1.165, 1.54) is 0 Å². The van der Waals surface area contributed by atoms with Crippen LogP contribution in [0.1, 0.15) is 16.8 Å².